The fourth-order valence-electron chi connectivity index (χ4n) is 3.00. The number of H-pyrrole nitrogens is 1. The number of aromatic nitrogens is 3. The van der Waals surface area contributed by atoms with E-state index in [1.165, 1.54) is 31.7 Å². The summed E-state index contributed by atoms with van der Waals surface area (Å²) in [7, 11) is 0. The van der Waals surface area contributed by atoms with Gasteiger partial charge >= 0.3 is 0 Å². The van der Waals surface area contributed by atoms with E-state index in [0.29, 0.717) is 11.1 Å². The Morgan fingerprint density at radius 2 is 2.19 bits per heavy atom. The molecule has 0 bridgehead atoms. The number of nitrogens with one attached hydrogen (secondary N) is 2. The number of carbonyl (C=O) groups is 1. The minimum atomic E-state index is -0.740. The molecule has 1 aromatic carbocycles. The second-order valence-electron chi connectivity index (χ2n) is 6.17. The van der Waals surface area contributed by atoms with Crippen LogP contribution >= 0.6 is 11.8 Å². The van der Waals surface area contributed by atoms with E-state index in [2.05, 4.69) is 20.5 Å². The number of anilines is 1. The van der Waals surface area contributed by atoms with E-state index in [1.54, 1.807) is 0 Å². The van der Waals surface area contributed by atoms with Crippen molar-refractivity contribution in [1.82, 2.24) is 15.2 Å². The Bertz CT molecular complexity index is 807. The number of nitrogens with zero attached hydrogens (tertiary/aromatic N) is 3. The first kappa shape index (κ1) is 18.3. The number of benzene rings is 1. The van der Waals surface area contributed by atoms with E-state index in [0.717, 1.165) is 36.1 Å². The molecule has 2 aromatic rings. The number of aromatic amines is 1. The smallest absolute Gasteiger partial charge is 0.295 e. The Hall–Kier alpha value is -2.49. The molecule has 2 N–H and O–H groups in total. The molecule has 138 valence electrons. The lowest BCUT2D eigenvalue weighted by molar-refractivity contribution is -0.384. The van der Waals surface area contributed by atoms with E-state index in [-0.39, 0.29) is 11.4 Å². The van der Waals surface area contributed by atoms with Crippen molar-refractivity contribution in [3.05, 3.63) is 40.0 Å². The summed E-state index contributed by atoms with van der Waals surface area (Å²) in [6.45, 7) is 0. The van der Waals surface area contributed by atoms with Crippen LogP contribution in [-0.4, -0.2) is 31.8 Å². The van der Waals surface area contributed by atoms with Crippen LogP contribution in [0.5, 0.6) is 0 Å². The molecule has 1 amide bonds. The maximum atomic E-state index is 13.1. The summed E-state index contributed by atoms with van der Waals surface area (Å²) < 4.78 is 13.1. The molecule has 1 heterocycles. The number of nitro groups is 1. The summed E-state index contributed by atoms with van der Waals surface area (Å²) in [4.78, 5) is 26.6. The van der Waals surface area contributed by atoms with Gasteiger partial charge in [-0.15, -0.1) is 5.10 Å². The molecule has 1 aromatic heterocycles. The van der Waals surface area contributed by atoms with Crippen molar-refractivity contribution in [2.24, 2.45) is 5.92 Å². The van der Waals surface area contributed by atoms with Gasteiger partial charge in [-0.05, 0) is 18.1 Å². The minimum absolute atomic E-state index is 0.00471. The lowest BCUT2D eigenvalue weighted by Gasteiger charge is -2.05. The fraction of sp³-hybridized carbons (Fsp3) is 0.438. The van der Waals surface area contributed by atoms with Gasteiger partial charge in [0.05, 0.1) is 16.7 Å². The Kier molecular flexibility index (Phi) is 5.82. The predicted octanol–water partition coefficient (Wildman–Crippen LogP) is 3.32. The van der Waals surface area contributed by atoms with Gasteiger partial charge in [0.15, 0.2) is 0 Å². The first-order valence-electron chi connectivity index (χ1n) is 8.29. The zero-order valence-electron chi connectivity index (χ0n) is 13.9. The summed E-state index contributed by atoms with van der Waals surface area (Å²) >= 11 is 1.13. The topological polar surface area (TPSA) is 114 Å². The zero-order valence-corrected chi connectivity index (χ0v) is 14.7. The molecule has 0 atom stereocenters. The molecule has 0 aliphatic heterocycles. The molecule has 0 unspecified atom stereocenters. The third-order valence-corrected chi connectivity index (χ3v) is 5.08. The van der Waals surface area contributed by atoms with Crippen LogP contribution in [0.15, 0.2) is 23.4 Å². The van der Waals surface area contributed by atoms with Gasteiger partial charge in [0.25, 0.3) is 5.69 Å². The molecule has 0 spiro atoms. The zero-order chi connectivity index (χ0) is 18.5. The number of thioether (sulfide) groups is 1. The van der Waals surface area contributed by atoms with Crippen molar-refractivity contribution in [2.75, 3.05) is 11.1 Å². The number of halogens is 1. The number of carbonyl (C=O) groups excluding carboxylic acids is 1. The quantitative estimate of drug-likeness (QED) is 0.433. The Morgan fingerprint density at radius 1 is 1.42 bits per heavy atom. The van der Waals surface area contributed by atoms with Crippen molar-refractivity contribution >= 4 is 29.0 Å². The first-order chi connectivity index (χ1) is 12.5. The van der Waals surface area contributed by atoms with Crippen LogP contribution in [0.25, 0.3) is 0 Å². The Balaban J connectivity index is 1.53. The van der Waals surface area contributed by atoms with Crippen molar-refractivity contribution in [3.8, 4) is 0 Å². The summed E-state index contributed by atoms with van der Waals surface area (Å²) in [5.41, 5.74) is -0.529. The van der Waals surface area contributed by atoms with Crippen LogP contribution in [0.3, 0.4) is 0 Å². The second-order valence-corrected chi connectivity index (χ2v) is 7.12. The highest BCUT2D eigenvalue weighted by Crippen LogP contribution is 2.28. The van der Waals surface area contributed by atoms with Crippen LogP contribution in [0.2, 0.25) is 0 Å². The van der Waals surface area contributed by atoms with E-state index in [4.69, 9.17) is 0 Å². The number of amides is 1. The number of hydrogen-bond donors (Lipinski definition) is 2. The highest BCUT2D eigenvalue weighted by molar-refractivity contribution is 7.99. The number of rotatable bonds is 7. The third-order valence-electron chi connectivity index (χ3n) is 4.23. The van der Waals surface area contributed by atoms with Crippen LogP contribution in [-0.2, 0) is 11.2 Å². The fourth-order valence-corrected chi connectivity index (χ4v) is 3.62. The van der Waals surface area contributed by atoms with Crippen molar-refractivity contribution in [2.45, 2.75) is 37.3 Å². The van der Waals surface area contributed by atoms with Gasteiger partial charge in [-0.1, -0.05) is 37.4 Å². The molecule has 3 rings (SSSR count). The summed E-state index contributed by atoms with van der Waals surface area (Å²) in [6, 6.07) is 3.00. The molecule has 0 saturated heterocycles. The van der Waals surface area contributed by atoms with Gasteiger partial charge in [-0.3, -0.25) is 20.0 Å². The van der Waals surface area contributed by atoms with E-state index in [1.807, 2.05) is 0 Å². The largest absolute Gasteiger partial charge is 0.320 e. The van der Waals surface area contributed by atoms with Crippen molar-refractivity contribution < 1.29 is 14.1 Å². The van der Waals surface area contributed by atoms with Crippen LogP contribution < -0.4 is 5.32 Å². The molecular formula is C16H18FN5O3S. The molecule has 1 aliphatic carbocycles. The van der Waals surface area contributed by atoms with Gasteiger partial charge in [0.1, 0.15) is 17.3 Å². The van der Waals surface area contributed by atoms with Crippen molar-refractivity contribution in [1.29, 1.82) is 0 Å². The van der Waals surface area contributed by atoms with E-state index >= 15 is 0 Å². The molecule has 1 fully saturated rings. The first-order valence-corrected chi connectivity index (χ1v) is 9.27. The lowest BCUT2D eigenvalue weighted by Crippen LogP contribution is -2.15. The third kappa shape index (κ3) is 4.78. The minimum Gasteiger partial charge on any atom is -0.320 e. The predicted molar refractivity (Wildman–Crippen MR) is 94.5 cm³/mol. The Morgan fingerprint density at radius 3 is 2.92 bits per heavy atom. The molecule has 0 radical (unpaired) electrons. The Labute approximate surface area is 153 Å². The maximum absolute atomic E-state index is 13.1. The van der Waals surface area contributed by atoms with Gasteiger partial charge in [-0.2, -0.15) is 0 Å². The average Bonchev–Trinajstić information content (AvgIpc) is 3.27. The number of hydrogen-bond acceptors (Lipinski definition) is 6. The molecule has 10 heteroatoms. The molecule has 1 saturated carbocycles. The molecular weight excluding hydrogens is 361 g/mol. The van der Waals surface area contributed by atoms with Crippen molar-refractivity contribution in [3.63, 3.8) is 0 Å². The maximum Gasteiger partial charge on any atom is 0.295 e. The highest BCUT2D eigenvalue weighted by Gasteiger charge is 2.19. The van der Waals surface area contributed by atoms with Crippen LogP contribution in [0.4, 0.5) is 15.8 Å². The van der Waals surface area contributed by atoms with Gasteiger partial charge in [0, 0.05) is 6.42 Å². The second kappa shape index (κ2) is 8.26. The lowest BCUT2D eigenvalue weighted by atomic mass is 10.0. The number of nitro benzene ring substituents is 1. The van der Waals surface area contributed by atoms with Crippen LogP contribution in [0.1, 0.15) is 31.5 Å². The molecule has 8 nitrogen and oxygen atoms in total. The summed E-state index contributed by atoms with van der Waals surface area (Å²) in [5.74, 6) is 0.262. The SMILES string of the molecule is O=C(CSc1n[nH]c(CC2CCCC2)n1)Nc1ccc(F)cc1[N+](=O)[O-]. The average molecular weight is 379 g/mol. The van der Waals surface area contributed by atoms with Gasteiger partial charge in [0.2, 0.25) is 11.1 Å². The van der Waals surface area contributed by atoms with E-state index in [9.17, 15) is 19.3 Å². The molecule has 26 heavy (non-hydrogen) atoms. The van der Waals surface area contributed by atoms with E-state index < -0.39 is 22.3 Å². The standard InChI is InChI=1S/C16H18FN5O3S/c17-11-5-6-12(13(8-11)22(24)25)18-15(23)9-26-16-19-14(20-21-16)7-10-3-1-2-4-10/h5-6,8,10H,1-4,7,9H2,(H,18,23)(H,19,20,21). The van der Waals surface area contributed by atoms with Crippen LogP contribution in [0, 0.1) is 21.8 Å². The summed E-state index contributed by atoms with van der Waals surface area (Å²) in [6.07, 6.45) is 5.80. The normalized spacial score (nSPS) is 14.5. The highest BCUT2D eigenvalue weighted by atomic mass is 32.2. The monoisotopic (exact) mass is 379 g/mol. The molecule has 1 aliphatic rings. The summed E-state index contributed by atoms with van der Waals surface area (Å²) in [5, 5.41) is 20.8. The van der Waals surface area contributed by atoms with Gasteiger partial charge in [-0.25, -0.2) is 9.37 Å². The van der Waals surface area contributed by atoms with Gasteiger partial charge < -0.3 is 5.32 Å².